The van der Waals surface area contributed by atoms with Crippen LogP contribution in [0.15, 0.2) is 0 Å². The second-order valence-electron chi connectivity index (χ2n) is 4.77. The molecule has 0 aromatic heterocycles. The first-order valence-corrected chi connectivity index (χ1v) is 8.23. The summed E-state index contributed by atoms with van der Waals surface area (Å²) in [6, 6.07) is 0.821. The van der Waals surface area contributed by atoms with E-state index in [1.165, 1.54) is 44.9 Å². The van der Waals surface area contributed by atoms with Gasteiger partial charge in [-0.15, -0.1) is 0 Å². The van der Waals surface area contributed by atoms with Gasteiger partial charge in [0.1, 0.15) is 0 Å². The van der Waals surface area contributed by atoms with Crippen molar-refractivity contribution in [1.82, 2.24) is 4.90 Å². The van der Waals surface area contributed by atoms with E-state index in [0.29, 0.717) is 0 Å². The molecule has 0 saturated carbocycles. The Bertz CT molecular complexity index is 210. The van der Waals surface area contributed by atoms with E-state index in [-0.39, 0.29) is 0 Å². The molecule has 5 nitrogen and oxygen atoms in total. The molecule has 0 amide bonds. The first kappa shape index (κ1) is 20.4. The number of hydrogen-bond acceptors (Lipinski definition) is 2. The second-order valence-corrected chi connectivity index (χ2v) is 5.80. The summed E-state index contributed by atoms with van der Waals surface area (Å²) in [6.45, 7) is 4.55. The standard InChI is InChI=1S/C12H27N.H3O4P/c1-5-7-8-9-11-12(10-6-2)13(3)4;1-5(2,3)4/h12H,5-11H2,1-4H3;(H3,1,2,3,4). The van der Waals surface area contributed by atoms with Crippen LogP contribution in [0.2, 0.25) is 0 Å². The van der Waals surface area contributed by atoms with Gasteiger partial charge in [0.2, 0.25) is 0 Å². The topological polar surface area (TPSA) is 81.0 Å². The molecule has 0 rings (SSSR count). The van der Waals surface area contributed by atoms with Crippen LogP contribution in [0, 0.1) is 0 Å². The van der Waals surface area contributed by atoms with Crippen molar-refractivity contribution in [2.24, 2.45) is 0 Å². The molecule has 0 fully saturated rings. The molecule has 0 aliphatic rings. The Morgan fingerprint density at radius 1 is 0.944 bits per heavy atom. The molecule has 0 aliphatic heterocycles. The number of phosphoric acid groups is 1. The maximum absolute atomic E-state index is 8.88. The third-order valence-electron chi connectivity index (χ3n) is 2.74. The first-order chi connectivity index (χ1) is 8.22. The smallest absolute Gasteiger partial charge is 0.306 e. The lowest BCUT2D eigenvalue weighted by atomic mass is 10.0. The lowest BCUT2D eigenvalue weighted by Crippen LogP contribution is -2.27. The largest absolute Gasteiger partial charge is 0.466 e. The molecule has 0 saturated heterocycles. The Morgan fingerprint density at radius 2 is 1.44 bits per heavy atom. The molecule has 6 heteroatoms. The Balaban J connectivity index is 0. The fourth-order valence-corrected chi connectivity index (χ4v) is 1.80. The van der Waals surface area contributed by atoms with Gasteiger partial charge in [0.05, 0.1) is 0 Å². The second kappa shape index (κ2) is 12.1. The van der Waals surface area contributed by atoms with Gasteiger partial charge in [0, 0.05) is 6.04 Å². The van der Waals surface area contributed by atoms with E-state index >= 15 is 0 Å². The quantitative estimate of drug-likeness (QED) is 0.471. The monoisotopic (exact) mass is 283 g/mol. The highest BCUT2D eigenvalue weighted by Gasteiger charge is 2.08. The average molecular weight is 283 g/mol. The van der Waals surface area contributed by atoms with Crippen LogP contribution in [0.3, 0.4) is 0 Å². The van der Waals surface area contributed by atoms with E-state index in [2.05, 4.69) is 32.8 Å². The molecule has 0 heterocycles. The van der Waals surface area contributed by atoms with Crippen molar-refractivity contribution in [2.75, 3.05) is 14.1 Å². The Morgan fingerprint density at radius 3 is 1.78 bits per heavy atom. The third kappa shape index (κ3) is 21.4. The van der Waals surface area contributed by atoms with E-state index in [1.807, 2.05) is 0 Å². The zero-order valence-electron chi connectivity index (χ0n) is 12.2. The van der Waals surface area contributed by atoms with Gasteiger partial charge in [0.15, 0.2) is 0 Å². The minimum absolute atomic E-state index is 0.821. The molecule has 18 heavy (non-hydrogen) atoms. The third-order valence-corrected chi connectivity index (χ3v) is 2.74. The molecule has 3 N–H and O–H groups in total. The number of nitrogens with zero attached hydrogens (tertiary/aromatic N) is 1. The predicted molar refractivity (Wildman–Crippen MR) is 75.4 cm³/mol. The van der Waals surface area contributed by atoms with Crippen molar-refractivity contribution in [3.05, 3.63) is 0 Å². The fraction of sp³-hybridized carbons (Fsp3) is 1.00. The molecule has 0 aromatic rings. The van der Waals surface area contributed by atoms with Gasteiger partial charge in [-0.3, -0.25) is 0 Å². The predicted octanol–water partition coefficient (Wildman–Crippen LogP) is 2.76. The van der Waals surface area contributed by atoms with Gasteiger partial charge in [-0.05, 0) is 26.9 Å². The molecular formula is C12H30NO4P. The van der Waals surface area contributed by atoms with Crippen molar-refractivity contribution < 1.29 is 19.2 Å². The molecule has 0 aliphatic carbocycles. The average Bonchev–Trinajstić information content (AvgIpc) is 2.20. The molecule has 112 valence electrons. The number of unbranched alkanes of at least 4 members (excludes halogenated alkanes) is 3. The molecule has 1 atom stereocenters. The van der Waals surface area contributed by atoms with Crippen molar-refractivity contribution in [3.63, 3.8) is 0 Å². The van der Waals surface area contributed by atoms with Crippen molar-refractivity contribution in [2.45, 2.75) is 64.8 Å². The van der Waals surface area contributed by atoms with Crippen LogP contribution in [0.5, 0.6) is 0 Å². The maximum Gasteiger partial charge on any atom is 0.466 e. The SMILES string of the molecule is CCCCCCC(CCC)N(C)C.O=P(O)(O)O. The van der Waals surface area contributed by atoms with E-state index < -0.39 is 7.82 Å². The molecule has 0 spiro atoms. The highest BCUT2D eigenvalue weighted by atomic mass is 31.2. The van der Waals surface area contributed by atoms with Crippen LogP contribution < -0.4 is 0 Å². The van der Waals surface area contributed by atoms with Crippen LogP contribution in [0.1, 0.15) is 58.8 Å². The van der Waals surface area contributed by atoms with E-state index in [4.69, 9.17) is 19.2 Å². The summed E-state index contributed by atoms with van der Waals surface area (Å²) in [5.74, 6) is 0. The van der Waals surface area contributed by atoms with Crippen LogP contribution in [0.25, 0.3) is 0 Å². The van der Waals surface area contributed by atoms with E-state index in [0.717, 1.165) is 6.04 Å². The zero-order chi connectivity index (χ0) is 14.6. The number of hydrogen-bond donors (Lipinski definition) is 3. The van der Waals surface area contributed by atoms with Gasteiger partial charge in [-0.25, -0.2) is 4.57 Å². The summed E-state index contributed by atoms with van der Waals surface area (Å²) in [4.78, 5) is 23.9. The summed E-state index contributed by atoms with van der Waals surface area (Å²) in [5, 5.41) is 0. The summed E-state index contributed by atoms with van der Waals surface area (Å²) in [7, 11) is -0.222. The normalized spacial score (nSPS) is 13.1. The summed E-state index contributed by atoms with van der Waals surface area (Å²) < 4.78 is 8.88. The Hall–Kier alpha value is 0.0700. The summed E-state index contributed by atoms with van der Waals surface area (Å²) in [5.41, 5.74) is 0. The van der Waals surface area contributed by atoms with Gasteiger partial charge in [-0.1, -0.05) is 46.0 Å². The van der Waals surface area contributed by atoms with E-state index in [1.54, 1.807) is 0 Å². The van der Waals surface area contributed by atoms with Gasteiger partial charge >= 0.3 is 7.82 Å². The minimum Gasteiger partial charge on any atom is -0.306 e. The maximum atomic E-state index is 8.88. The van der Waals surface area contributed by atoms with Crippen molar-refractivity contribution in [1.29, 1.82) is 0 Å². The fourth-order valence-electron chi connectivity index (χ4n) is 1.80. The Kier molecular flexibility index (Phi) is 13.7. The molecule has 0 radical (unpaired) electrons. The van der Waals surface area contributed by atoms with Crippen LogP contribution in [-0.2, 0) is 4.57 Å². The lowest BCUT2D eigenvalue weighted by molar-refractivity contribution is 0.256. The Labute approximate surface area is 111 Å². The van der Waals surface area contributed by atoms with Gasteiger partial charge in [0.25, 0.3) is 0 Å². The highest BCUT2D eigenvalue weighted by molar-refractivity contribution is 7.45. The zero-order valence-corrected chi connectivity index (χ0v) is 13.1. The van der Waals surface area contributed by atoms with Crippen LogP contribution >= 0.6 is 7.82 Å². The minimum atomic E-state index is -4.64. The highest BCUT2D eigenvalue weighted by Crippen LogP contribution is 2.25. The summed E-state index contributed by atoms with van der Waals surface area (Å²) in [6.07, 6.45) is 9.66. The molecule has 0 aromatic carbocycles. The molecule has 1 unspecified atom stereocenters. The van der Waals surface area contributed by atoms with Crippen molar-refractivity contribution >= 4 is 7.82 Å². The first-order valence-electron chi connectivity index (χ1n) is 6.67. The van der Waals surface area contributed by atoms with Crippen molar-refractivity contribution in [3.8, 4) is 0 Å². The van der Waals surface area contributed by atoms with Crippen LogP contribution in [0.4, 0.5) is 0 Å². The molecule has 0 bridgehead atoms. The van der Waals surface area contributed by atoms with Crippen LogP contribution in [-0.4, -0.2) is 39.7 Å². The van der Waals surface area contributed by atoms with Gasteiger partial charge < -0.3 is 19.6 Å². The molecular weight excluding hydrogens is 253 g/mol. The number of rotatable bonds is 8. The van der Waals surface area contributed by atoms with E-state index in [9.17, 15) is 0 Å². The lowest BCUT2D eigenvalue weighted by Gasteiger charge is -2.23. The summed E-state index contributed by atoms with van der Waals surface area (Å²) >= 11 is 0. The van der Waals surface area contributed by atoms with Gasteiger partial charge in [-0.2, -0.15) is 0 Å².